The third kappa shape index (κ3) is 33.2. The summed E-state index contributed by atoms with van der Waals surface area (Å²) < 4.78 is 0. The van der Waals surface area contributed by atoms with E-state index in [1.165, 1.54) is 0 Å². The molecule has 57 valence electrons. The summed E-state index contributed by atoms with van der Waals surface area (Å²) in [4.78, 5) is 0. The molecule has 4 heteroatoms. The molecule has 0 rings (SSSR count). The highest BCUT2D eigenvalue weighted by atomic mass is 16.5. The first kappa shape index (κ1) is 11.6. The minimum absolute atomic E-state index is 0. The smallest absolute Gasteiger partial charge is 0.204 e. The van der Waals surface area contributed by atoms with E-state index < -0.39 is 0 Å². The molecule has 0 heterocycles. The zero-order valence-corrected chi connectivity index (χ0v) is 5.19. The Morgan fingerprint density at radius 1 is 0.889 bits per heavy atom. The van der Waals surface area contributed by atoms with Gasteiger partial charge in [0, 0.05) is 13.2 Å². The molecule has 0 aliphatic heterocycles. The third-order valence-electron chi connectivity index (χ3n) is 0.566. The molecular formula is C5H13O4. The fourth-order valence-corrected chi connectivity index (χ4v) is 0.224. The molecule has 0 aromatic carbocycles. The van der Waals surface area contributed by atoms with Crippen LogP contribution in [-0.2, 0) is 0 Å². The molecule has 0 aromatic rings. The van der Waals surface area contributed by atoms with Crippen LogP contribution in [0.15, 0.2) is 0 Å². The van der Waals surface area contributed by atoms with Crippen LogP contribution in [0.1, 0.15) is 12.8 Å². The Hall–Kier alpha value is -0.160. The fourth-order valence-electron chi connectivity index (χ4n) is 0.224. The zero-order chi connectivity index (χ0) is 7.54. The molecule has 0 saturated heterocycles. The Bertz CT molecular complexity index is 28.1. The average molecular weight is 137 g/mol. The first-order chi connectivity index (χ1) is 4.33. The van der Waals surface area contributed by atoms with Crippen molar-refractivity contribution in [3.8, 4) is 0 Å². The SMILES string of the molecule is OCCCCO.O[CH]O. The molecule has 4 N–H and O–H groups in total. The molecule has 0 atom stereocenters. The maximum Gasteiger partial charge on any atom is 0.204 e. The minimum Gasteiger partial charge on any atom is -0.396 e. The lowest BCUT2D eigenvalue weighted by Gasteiger charge is -1.85. The van der Waals surface area contributed by atoms with Crippen LogP contribution in [0.3, 0.4) is 0 Å². The van der Waals surface area contributed by atoms with Gasteiger partial charge in [0.05, 0.1) is 0 Å². The summed E-state index contributed by atoms with van der Waals surface area (Å²) in [5, 5.41) is 30.2. The van der Waals surface area contributed by atoms with Gasteiger partial charge in [0.2, 0.25) is 6.79 Å². The van der Waals surface area contributed by atoms with E-state index in [0.29, 0.717) is 0 Å². The van der Waals surface area contributed by atoms with Gasteiger partial charge in [0.25, 0.3) is 0 Å². The Labute approximate surface area is 54.4 Å². The van der Waals surface area contributed by atoms with Crippen molar-refractivity contribution in [2.45, 2.75) is 12.8 Å². The second-order valence-corrected chi connectivity index (χ2v) is 1.27. The van der Waals surface area contributed by atoms with Crippen molar-refractivity contribution in [3.05, 3.63) is 6.79 Å². The van der Waals surface area contributed by atoms with Crippen LogP contribution in [0.5, 0.6) is 0 Å². The molecule has 0 unspecified atom stereocenters. The summed E-state index contributed by atoms with van der Waals surface area (Å²) in [6.07, 6.45) is 1.44. The van der Waals surface area contributed by atoms with Gasteiger partial charge in [-0.15, -0.1) is 0 Å². The Morgan fingerprint density at radius 3 is 1.22 bits per heavy atom. The van der Waals surface area contributed by atoms with E-state index >= 15 is 0 Å². The molecule has 9 heavy (non-hydrogen) atoms. The summed E-state index contributed by atoms with van der Waals surface area (Å²) in [5.41, 5.74) is 0. The van der Waals surface area contributed by atoms with Gasteiger partial charge in [-0.05, 0) is 12.8 Å². The van der Waals surface area contributed by atoms with Crippen LogP contribution in [0, 0.1) is 6.79 Å². The molecule has 0 saturated carbocycles. The Balaban J connectivity index is 0. The Morgan fingerprint density at radius 2 is 1.11 bits per heavy atom. The van der Waals surface area contributed by atoms with Crippen LogP contribution >= 0.6 is 0 Å². The van der Waals surface area contributed by atoms with Gasteiger partial charge in [0.15, 0.2) is 0 Å². The standard InChI is InChI=1S/C4H10O2.CH3O2/c5-3-1-2-4-6;2-1-3/h5-6H,1-4H2;1-3H. The summed E-state index contributed by atoms with van der Waals surface area (Å²) >= 11 is 0. The summed E-state index contributed by atoms with van der Waals surface area (Å²) in [6, 6.07) is 0. The molecule has 0 aromatic heterocycles. The summed E-state index contributed by atoms with van der Waals surface area (Å²) in [7, 11) is 0. The van der Waals surface area contributed by atoms with Crippen LogP contribution < -0.4 is 0 Å². The normalized spacial score (nSPS) is 8.00. The van der Waals surface area contributed by atoms with Crippen molar-refractivity contribution in [2.24, 2.45) is 0 Å². The maximum atomic E-state index is 8.09. The van der Waals surface area contributed by atoms with Gasteiger partial charge in [-0.2, -0.15) is 0 Å². The number of aliphatic hydroxyl groups excluding tert-OH is 3. The fraction of sp³-hybridized carbons (Fsp3) is 0.800. The van der Waals surface area contributed by atoms with Crippen LogP contribution in [0.25, 0.3) is 0 Å². The van der Waals surface area contributed by atoms with Crippen molar-refractivity contribution in [2.75, 3.05) is 13.2 Å². The van der Waals surface area contributed by atoms with Gasteiger partial charge in [0.1, 0.15) is 0 Å². The van der Waals surface area contributed by atoms with Gasteiger partial charge >= 0.3 is 0 Å². The monoisotopic (exact) mass is 137 g/mol. The van der Waals surface area contributed by atoms with Gasteiger partial charge in [-0.25, -0.2) is 0 Å². The van der Waals surface area contributed by atoms with E-state index in [4.69, 9.17) is 20.4 Å². The largest absolute Gasteiger partial charge is 0.396 e. The lowest BCUT2D eigenvalue weighted by Crippen LogP contribution is -1.85. The summed E-state index contributed by atoms with van der Waals surface area (Å²) in [5.74, 6) is 0. The number of aliphatic hydroxyl groups is 4. The molecular weight excluding hydrogens is 124 g/mol. The number of unbranched alkanes of at least 4 members (excludes halogenated alkanes) is 1. The lowest BCUT2D eigenvalue weighted by molar-refractivity contribution is 0.173. The molecule has 4 nitrogen and oxygen atoms in total. The van der Waals surface area contributed by atoms with Gasteiger partial charge in [-0.3, -0.25) is 0 Å². The van der Waals surface area contributed by atoms with E-state index in [2.05, 4.69) is 0 Å². The highest BCUT2D eigenvalue weighted by Crippen LogP contribution is 1.80. The second-order valence-electron chi connectivity index (χ2n) is 1.27. The maximum absolute atomic E-state index is 8.09. The van der Waals surface area contributed by atoms with Gasteiger partial charge < -0.3 is 20.4 Å². The predicted molar refractivity (Wildman–Crippen MR) is 31.6 cm³/mol. The van der Waals surface area contributed by atoms with Crippen LogP contribution in [-0.4, -0.2) is 33.6 Å². The molecule has 0 aliphatic rings. The zero-order valence-electron chi connectivity index (χ0n) is 5.19. The van der Waals surface area contributed by atoms with Crippen LogP contribution in [0.4, 0.5) is 0 Å². The van der Waals surface area contributed by atoms with Crippen molar-refractivity contribution in [1.29, 1.82) is 0 Å². The van der Waals surface area contributed by atoms with Gasteiger partial charge in [-0.1, -0.05) is 0 Å². The minimum atomic E-state index is 0. The Kier molecular flexibility index (Phi) is 20.2. The van der Waals surface area contributed by atoms with Crippen LogP contribution in [0.2, 0.25) is 0 Å². The van der Waals surface area contributed by atoms with E-state index in [1.54, 1.807) is 0 Å². The topological polar surface area (TPSA) is 80.9 Å². The molecule has 0 spiro atoms. The highest BCUT2D eigenvalue weighted by molar-refractivity contribution is 4.30. The number of hydrogen-bond donors (Lipinski definition) is 4. The van der Waals surface area contributed by atoms with E-state index in [0.717, 1.165) is 12.8 Å². The molecule has 0 fully saturated rings. The third-order valence-corrected chi connectivity index (χ3v) is 0.566. The van der Waals surface area contributed by atoms with Crippen molar-refractivity contribution < 1.29 is 20.4 Å². The first-order valence-electron chi connectivity index (χ1n) is 2.65. The quantitative estimate of drug-likeness (QED) is 0.399. The van der Waals surface area contributed by atoms with Crippen molar-refractivity contribution in [1.82, 2.24) is 0 Å². The van der Waals surface area contributed by atoms with E-state index in [-0.39, 0.29) is 20.0 Å². The lowest BCUT2D eigenvalue weighted by atomic mass is 10.3. The summed E-state index contributed by atoms with van der Waals surface area (Å²) in [6.45, 7) is 0.390. The van der Waals surface area contributed by atoms with E-state index in [9.17, 15) is 0 Å². The molecule has 0 aliphatic carbocycles. The van der Waals surface area contributed by atoms with Crippen molar-refractivity contribution >= 4 is 0 Å². The second kappa shape index (κ2) is 15.7. The average Bonchev–Trinajstić information content (AvgIpc) is 1.86. The molecule has 0 bridgehead atoms. The number of rotatable bonds is 3. The molecule has 1 radical (unpaired) electrons. The highest BCUT2D eigenvalue weighted by Gasteiger charge is 1.77. The molecule has 0 amide bonds. The number of hydrogen-bond acceptors (Lipinski definition) is 4. The van der Waals surface area contributed by atoms with E-state index in [1.807, 2.05) is 0 Å². The van der Waals surface area contributed by atoms with Crippen molar-refractivity contribution in [3.63, 3.8) is 0 Å². The predicted octanol–water partition coefficient (Wildman–Crippen LogP) is -0.398. The first-order valence-corrected chi connectivity index (χ1v) is 2.65.